The fourth-order valence-electron chi connectivity index (χ4n) is 1.71. The van der Waals surface area contributed by atoms with Crippen molar-refractivity contribution in [1.82, 2.24) is 0 Å². The van der Waals surface area contributed by atoms with Crippen molar-refractivity contribution >= 4 is 11.6 Å². The molecule has 0 fully saturated rings. The Balaban J connectivity index is 2.85. The molecule has 0 aromatic heterocycles. The topological polar surface area (TPSA) is 66.6 Å². The highest BCUT2D eigenvalue weighted by Gasteiger charge is 2.24. The van der Waals surface area contributed by atoms with E-state index in [4.69, 9.17) is 5.73 Å². The van der Waals surface area contributed by atoms with E-state index in [1.807, 2.05) is 13.8 Å². The van der Waals surface area contributed by atoms with E-state index in [9.17, 15) is 9.90 Å². The van der Waals surface area contributed by atoms with E-state index in [1.54, 1.807) is 36.2 Å². The van der Waals surface area contributed by atoms with Gasteiger partial charge in [0.25, 0.3) is 0 Å². The van der Waals surface area contributed by atoms with Crippen molar-refractivity contribution < 1.29 is 9.90 Å². The van der Waals surface area contributed by atoms with Crippen LogP contribution < -0.4 is 10.6 Å². The molecule has 0 bridgehead atoms. The van der Waals surface area contributed by atoms with Crippen LogP contribution in [0.1, 0.15) is 13.8 Å². The van der Waals surface area contributed by atoms with Gasteiger partial charge in [-0.15, -0.1) is 0 Å². The molecule has 0 aliphatic heterocycles. The van der Waals surface area contributed by atoms with Crippen molar-refractivity contribution in [2.24, 2.45) is 17.6 Å². The molecular weight excluding hydrogens is 216 g/mol. The molecule has 0 saturated carbocycles. The first kappa shape index (κ1) is 13.5. The maximum Gasteiger partial charge on any atom is 0.231 e. The summed E-state index contributed by atoms with van der Waals surface area (Å²) in [4.78, 5) is 13.8. The Bertz CT molecular complexity index is 374. The Morgan fingerprint density at radius 3 is 2.29 bits per heavy atom. The highest BCUT2D eigenvalue weighted by Crippen LogP contribution is 2.20. The maximum absolute atomic E-state index is 12.2. The molecule has 4 heteroatoms. The number of amides is 1. The van der Waals surface area contributed by atoms with Crippen molar-refractivity contribution in [2.75, 3.05) is 18.5 Å². The van der Waals surface area contributed by atoms with Gasteiger partial charge in [0.15, 0.2) is 0 Å². The van der Waals surface area contributed by atoms with Crippen molar-refractivity contribution in [2.45, 2.75) is 13.8 Å². The smallest absolute Gasteiger partial charge is 0.231 e. The van der Waals surface area contributed by atoms with Crippen LogP contribution in [0.15, 0.2) is 24.3 Å². The molecule has 0 saturated heterocycles. The normalized spacial score (nSPS) is 12.5. The second-order valence-corrected chi connectivity index (χ2v) is 4.50. The summed E-state index contributed by atoms with van der Waals surface area (Å²) in [6.45, 7) is 4.32. The number of benzene rings is 1. The Morgan fingerprint density at radius 1 is 1.35 bits per heavy atom. The van der Waals surface area contributed by atoms with Crippen LogP contribution in [-0.4, -0.2) is 24.6 Å². The number of aromatic hydroxyl groups is 1. The summed E-state index contributed by atoms with van der Waals surface area (Å²) in [6, 6.07) is 6.54. The summed E-state index contributed by atoms with van der Waals surface area (Å²) in [6.07, 6.45) is 0. The summed E-state index contributed by atoms with van der Waals surface area (Å²) in [5.41, 5.74) is 6.38. The third-order valence-electron chi connectivity index (χ3n) is 2.94. The quantitative estimate of drug-likeness (QED) is 0.834. The number of hydrogen-bond donors (Lipinski definition) is 2. The number of carbonyl (C=O) groups is 1. The lowest BCUT2D eigenvalue weighted by atomic mass is 9.94. The number of phenols is 1. The zero-order valence-corrected chi connectivity index (χ0v) is 10.6. The standard InChI is InChI=1S/C13H20N2O2/c1-9(2)12(8-14)13(17)15(3)10-4-6-11(16)7-5-10/h4-7,9,12,16H,8,14H2,1-3H3. The summed E-state index contributed by atoms with van der Waals surface area (Å²) in [5, 5.41) is 9.20. The van der Waals surface area contributed by atoms with Crippen LogP contribution in [0, 0.1) is 11.8 Å². The average molecular weight is 236 g/mol. The van der Waals surface area contributed by atoms with Gasteiger partial charge in [-0.1, -0.05) is 13.8 Å². The Morgan fingerprint density at radius 2 is 1.88 bits per heavy atom. The van der Waals surface area contributed by atoms with Crippen molar-refractivity contribution in [1.29, 1.82) is 0 Å². The minimum absolute atomic E-state index is 0.00758. The predicted octanol–water partition coefficient (Wildman–Crippen LogP) is 1.59. The lowest BCUT2D eigenvalue weighted by Gasteiger charge is -2.25. The highest BCUT2D eigenvalue weighted by atomic mass is 16.3. The van der Waals surface area contributed by atoms with Gasteiger partial charge in [0.1, 0.15) is 5.75 Å². The van der Waals surface area contributed by atoms with E-state index < -0.39 is 0 Å². The zero-order valence-electron chi connectivity index (χ0n) is 10.6. The van der Waals surface area contributed by atoms with E-state index in [1.165, 1.54) is 0 Å². The first-order valence-electron chi connectivity index (χ1n) is 5.74. The molecule has 0 spiro atoms. The van der Waals surface area contributed by atoms with E-state index in [0.29, 0.717) is 6.54 Å². The third-order valence-corrected chi connectivity index (χ3v) is 2.94. The van der Waals surface area contributed by atoms with Gasteiger partial charge in [0, 0.05) is 19.3 Å². The summed E-state index contributed by atoms with van der Waals surface area (Å²) < 4.78 is 0. The number of hydrogen-bond acceptors (Lipinski definition) is 3. The summed E-state index contributed by atoms with van der Waals surface area (Å²) in [5.74, 6) is 0.239. The van der Waals surface area contributed by atoms with Crippen LogP contribution in [0.4, 0.5) is 5.69 Å². The Kier molecular flexibility index (Phi) is 4.52. The van der Waals surface area contributed by atoms with Gasteiger partial charge >= 0.3 is 0 Å². The molecular formula is C13H20N2O2. The van der Waals surface area contributed by atoms with Crippen LogP contribution >= 0.6 is 0 Å². The minimum Gasteiger partial charge on any atom is -0.508 e. The summed E-state index contributed by atoms with van der Waals surface area (Å²) >= 11 is 0. The number of carbonyl (C=O) groups excluding carboxylic acids is 1. The average Bonchev–Trinajstić information content (AvgIpc) is 2.29. The first-order valence-corrected chi connectivity index (χ1v) is 5.74. The molecule has 0 radical (unpaired) electrons. The van der Waals surface area contributed by atoms with Gasteiger partial charge in [0.05, 0.1) is 5.92 Å². The lowest BCUT2D eigenvalue weighted by molar-refractivity contribution is -0.123. The minimum atomic E-state index is -0.172. The third kappa shape index (κ3) is 3.20. The fraction of sp³-hybridized carbons (Fsp3) is 0.462. The highest BCUT2D eigenvalue weighted by molar-refractivity contribution is 5.94. The molecule has 1 atom stereocenters. The monoisotopic (exact) mass is 236 g/mol. The molecule has 0 aliphatic rings. The first-order chi connectivity index (χ1) is 7.97. The largest absolute Gasteiger partial charge is 0.508 e. The maximum atomic E-state index is 12.2. The SMILES string of the molecule is CC(C)C(CN)C(=O)N(C)c1ccc(O)cc1. The Labute approximate surface area is 102 Å². The van der Waals surface area contributed by atoms with Gasteiger partial charge in [0.2, 0.25) is 5.91 Å². The number of anilines is 1. The van der Waals surface area contributed by atoms with Crippen LogP contribution in [0.3, 0.4) is 0 Å². The number of phenolic OH excluding ortho intramolecular Hbond substituents is 1. The fourth-order valence-corrected chi connectivity index (χ4v) is 1.71. The van der Waals surface area contributed by atoms with Crippen molar-refractivity contribution in [3.63, 3.8) is 0 Å². The van der Waals surface area contributed by atoms with Crippen molar-refractivity contribution in [3.05, 3.63) is 24.3 Å². The van der Waals surface area contributed by atoms with Crippen LogP contribution in [0.25, 0.3) is 0 Å². The second-order valence-electron chi connectivity index (χ2n) is 4.50. The van der Waals surface area contributed by atoms with Gasteiger partial charge < -0.3 is 15.7 Å². The van der Waals surface area contributed by atoms with Crippen LogP contribution in [0.5, 0.6) is 5.75 Å². The molecule has 4 nitrogen and oxygen atoms in total. The molecule has 0 aliphatic carbocycles. The molecule has 1 rings (SSSR count). The molecule has 94 valence electrons. The van der Waals surface area contributed by atoms with E-state index in [-0.39, 0.29) is 23.5 Å². The number of nitrogens with zero attached hydrogens (tertiary/aromatic N) is 1. The molecule has 1 amide bonds. The second kappa shape index (κ2) is 5.68. The van der Waals surface area contributed by atoms with Crippen molar-refractivity contribution in [3.8, 4) is 5.75 Å². The predicted molar refractivity (Wildman–Crippen MR) is 68.9 cm³/mol. The van der Waals surface area contributed by atoms with Crippen LogP contribution in [0.2, 0.25) is 0 Å². The van der Waals surface area contributed by atoms with E-state index in [2.05, 4.69) is 0 Å². The summed E-state index contributed by atoms with van der Waals surface area (Å²) in [7, 11) is 1.72. The Hall–Kier alpha value is -1.55. The number of rotatable bonds is 4. The molecule has 1 aromatic rings. The number of nitrogens with two attached hydrogens (primary N) is 1. The lowest BCUT2D eigenvalue weighted by Crippen LogP contribution is -2.39. The van der Waals surface area contributed by atoms with Gasteiger partial charge in [-0.2, -0.15) is 0 Å². The van der Waals surface area contributed by atoms with Gasteiger partial charge in [-0.05, 0) is 30.2 Å². The molecule has 3 N–H and O–H groups in total. The van der Waals surface area contributed by atoms with Gasteiger partial charge in [-0.3, -0.25) is 4.79 Å². The van der Waals surface area contributed by atoms with E-state index in [0.717, 1.165) is 5.69 Å². The molecule has 0 heterocycles. The molecule has 17 heavy (non-hydrogen) atoms. The van der Waals surface area contributed by atoms with E-state index >= 15 is 0 Å². The van der Waals surface area contributed by atoms with Crippen LogP contribution in [-0.2, 0) is 4.79 Å². The zero-order chi connectivity index (χ0) is 13.0. The molecule has 1 unspecified atom stereocenters. The molecule has 1 aromatic carbocycles. The van der Waals surface area contributed by atoms with Gasteiger partial charge in [-0.25, -0.2) is 0 Å².